The van der Waals surface area contributed by atoms with Crippen LogP contribution in [0.25, 0.3) is 0 Å². The van der Waals surface area contributed by atoms with Crippen LogP contribution in [0.15, 0.2) is 18.2 Å². The third-order valence-corrected chi connectivity index (χ3v) is 2.39. The second kappa shape index (κ2) is 6.30. The Labute approximate surface area is 99.2 Å². The van der Waals surface area contributed by atoms with Gasteiger partial charge in [-0.1, -0.05) is 6.07 Å². The first-order valence-corrected chi connectivity index (χ1v) is 5.50. The molecule has 1 unspecified atom stereocenters. The minimum Gasteiger partial charge on any atom is -0.355 e. The average molecular weight is 242 g/mol. The molecular weight excluding hydrogens is 226 g/mol. The molecule has 0 aliphatic carbocycles. The van der Waals surface area contributed by atoms with Gasteiger partial charge in [-0.2, -0.15) is 0 Å². The lowest BCUT2D eigenvalue weighted by Crippen LogP contribution is -2.41. The van der Waals surface area contributed by atoms with Crippen molar-refractivity contribution in [2.75, 3.05) is 6.54 Å². The third kappa shape index (κ3) is 3.78. The van der Waals surface area contributed by atoms with E-state index >= 15 is 0 Å². The third-order valence-electron chi connectivity index (χ3n) is 2.39. The van der Waals surface area contributed by atoms with Crippen LogP contribution >= 0.6 is 0 Å². The maximum Gasteiger partial charge on any atom is 0.236 e. The molecule has 1 rings (SSSR count). The van der Waals surface area contributed by atoms with Crippen LogP contribution in [-0.2, 0) is 11.3 Å². The molecule has 17 heavy (non-hydrogen) atoms. The predicted octanol–water partition coefficient (Wildman–Crippen LogP) is 1.58. The van der Waals surface area contributed by atoms with Gasteiger partial charge in [-0.3, -0.25) is 4.79 Å². The monoisotopic (exact) mass is 242 g/mol. The summed E-state index contributed by atoms with van der Waals surface area (Å²) in [6, 6.07) is 3.20. The maximum absolute atomic E-state index is 13.3. The number of nitrogens with one attached hydrogen (secondary N) is 2. The Morgan fingerprint density at radius 3 is 2.47 bits per heavy atom. The van der Waals surface area contributed by atoms with Crippen molar-refractivity contribution in [1.29, 1.82) is 0 Å². The summed E-state index contributed by atoms with van der Waals surface area (Å²) in [6.45, 7) is 3.96. The summed E-state index contributed by atoms with van der Waals surface area (Å²) >= 11 is 0. The van der Waals surface area contributed by atoms with Crippen LogP contribution in [0.3, 0.4) is 0 Å². The number of amides is 1. The number of halogens is 2. The van der Waals surface area contributed by atoms with E-state index in [1.807, 2.05) is 0 Å². The molecule has 0 saturated carbocycles. The molecule has 1 aromatic rings. The minimum atomic E-state index is -0.611. The molecule has 0 spiro atoms. The van der Waals surface area contributed by atoms with Gasteiger partial charge in [0.15, 0.2) is 0 Å². The molecular formula is C12H16F2N2O. The van der Waals surface area contributed by atoms with Gasteiger partial charge in [0, 0.05) is 18.7 Å². The molecule has 0 aliphatic rings. The van der Waals surface area contributed by atoms with Crippen molar-refractivity contribution in [3.05, 3.63) is 35.4 Å². The molecule has 0 radical (unpaired) electrons. The average Bonchev–Trinajstić information content (AvgIpc) is 2.28. The highest BCUT2D eigenvalue weighted by molar-refractivity contribution is 5.81. The van der Waals surface area contributed by atoms with Crippen molar-refractivity contribution in [2.45, 2.75) is 26.4 Å². The molecule has 0 heterocycles. The molecule has 0 fully saturated rings. The standard InChI is InChI=1S/C12H16F2N2O/c1-3-15-12(17)8(2)16-7-9-10(13)5-4-6-11(9)14/h4-6,8,16H,3,7H2,1-2H3,(H,15,17). The lowest BCUT2D eigenvalue weighted by molar-refractivity contribution is -0.122. The lowest BCUT2D eigenvalue weighted by Gasteiger charge is -2.13. The second-order valence-corrected chi connectivity index (χ2v) is 3.70. The number of carbonyl (C=O) groups excluding carboxylic acids is 1. The summed E-state index contributed by atoms with van der Waals surface area (Å²) < 4.78 is 26.5. The van der Waals surface area contributed by atoms with Gasteiger partial charge in [0.25, 0.3) is 0 Å². The normalized spacial score (nSPS) is 12.2. The van der Waals surface area contributed by atoms with E-state index in [9.17, 15) is 13.6 Å². The number of hydrogen-bond donors (Lipinski definition) is 2. The van der Waals surface area contributed by atoms with Crippen LogP contribution in [0.5, 0.6) is 0 Å². The van der Waals surface area contributed by atoms with Crippen molar-refractivity contribution >= 4 is 5.91 Å². The Hall–Kier alpha value is -1.49. The molecule has 0 bridgehead atoms. The van der Waals surface area contributed by atoms with Crippen molar-refractivity contribution in [3.8, 4) is 0 Å². The van der Waals surface area contributed by atoms with Crippen LogP contribution < -0.4 is 10.6 Å². The topological polar surface area (TPSA) is 41.1 Å². The summed E-state index contributed by atoms with van der Waals surface area (Å²) in [5.41, 5.74) is -0.0522. The van der Waals surface area contributed by atoms with E-state index in [0.29, 0.717) is 6.54 Å². The van der Waals surface area contributed by atoms with Crippen LogP contribution in [0.4, 0.5) is 8.78 Å². The van der Waals surface area contributed by atoms with Crippen molar-refractivity contribution in [3.63, 3.8) is 0 Å². The zero-order valence-corrected chi connectivity index (χ0v) is 9.89. The molecule has 1 amide bonds. The summed E-state index contributed by atoms with van der Waals surface area (Å²) in [5.74, 6) is -1.41. The highest BCUT2D eigenvalue weighted by Gasteiger charge is 2.13. The lowest BCUT2D eigenvalue weighted by atomic mass is 10.2. The molecule has 2 N–H and O–H groups in total. The summed E-state index contributed by atoms with van der Waals surface area (Å²) in [4.78, 5) is 11.4. The zero-order valence-electron chi connectivity index (χ0n) is 9.89. The minimum absolute atomic E-state index is 0.0171. The van der Waals surface area contributed by atoms with Crippen LogP contribution in [-0.4, -0.2) is 18.5 Å². The van der Waals surface area contributed by atoms with Crippen molar-refractivity contribution in [1.82, 2.24) is 10.6 Å². The number of likely N-dealkylation sites (N-methyl/N-ethyl adjacent to an activating group) is 1. The summed E-state index contributed by atoms with van der Waals surface area (Å²) in [6.07, 6.45) is 0. The van der Waals surface area contributed by atoms with E-state index in [1.165, 1.54) is 18.2 Å². The zero-order chi connectivity index (χ0) is 12.8. The second-order valence-electron chi connectivity index (χ2n) is 3.70. The first-order chi connectivity index (χ1) is 8.06. The van der Waals surface area contributed by atoms with Crippen molar-refractivity contribution in [2.24, 2.45) is 0 Å². The van der Waals surface area contributed by atoms with Gasteiger partial charge < -0.3 is 10.6 Å². The van der Waals surface area contributed by atoms with E-state index in [1.54, 1.807) is 13.8 Å². The number of hydrogen-bond acceptors (Lipinski definition) is 2. The van der Waals surface area contributed by atoms with Crippen LogP contribution in [0, 0.1) is 11.6 Å². The fourth-order valence-corrected chi connectivity index (χ4v) is 1.38. The Morgan fingerprint density at radius 2 is 1.94 bits per heavy atom. The Balaban J connectivity index is 2.58. The molecule has 0 aliphatic heterocycles. The maximum atomic E-state index is 13.3. The predicted molar refractivity (Wildman–Crippen MR) is 61.3 cm³/mol. The highest BCUT2D eigenvalue weighted by Crippen LogP contribution is 2.11. The van der Waals surface area contributed by atoms with Gasteiger partial charge in [0.1, 0.15) is 11.6 Å². The first kappa shape index (κ1) is 13.6. The first-order valence-electron chi connectivity index (χ1n) is 5.50. The molecule has 1 atom stereocenters. The van der Waals surface area contributed by atoms with Gasteiger partial charge in [0.2, 0.25) is 5.91 Å². The fraction of sp³-hybridized carbons (Fsp3) is 0.417. The Bertz CT molecular complexity index is 376. The number of carbonyl (C=O) groups is 1. The molecule has 94 valence electrons. The number of rotatable bonds is 5. The van der Waals surface area contributed by atoms with Gasteiger partial charge in [-0.15, -0.1) is 0 Å². The summed E-state index contributed by atoms with van der Waals surface area (Å²) in [7, 11) is 0. The Kier molecular flexibility index (Phi) is 5.03. The Morgan fingerprint density at radius 1 is 1.35 bits per heavy atom. The quantitative estimate of drug-likeness (QED) is 0.823. The van der Waals surface area contributed by atoms with Gasteiger partial charge in [0.05, 0.1) is 6.04 Å². The molecule has 0 saturated heterocycles. The van der Waals surface area contributed by atoms with E-state index in [-0.39, 0.29) is 18.0 Å². The molecule has 0 aromatic heterocycles. The van der Waals surface area contributed by atoms with Gasteiger partial charge >= 0.3 is 0 Å². The van der Waals surface area contributed by atoms with Crippen LogP contribution in [0.2, 0.25) is 0 Å². The smallest absolute Gasteiger partial charge is 0.236 e. The fourth-order valence-electron chi connectivity index (χ4n) is 1.38. The molecule has 5 heteroatoms. The van der Waals surface area contributed by atoms with Gasteiger partial charge in [-0.05, 0) is 26.0 Å². The van der Waals surface area contributed by atoms with Gasteiger partial charge in [-0.25, -0.2) is 8.78 Å². The van der Waals surface area contributed by atoms with Crippen molar-refractivity contribution < 1.29 is 13.6 Å². The summed E-state index contributed by atoms with van der Waals surface area (Å²) in [5, 5.41) is 5.39. The largest absolute Gasteiger partial charge is 0.355 e. The number of benzene rings is 1. The van der Waals surface area contributed by atoms with E-state index in [0.717, 1.165) is 0 Å². The van der Waals surface area contributed by atoms with Crippen LogP contribution in [0.1, 0.15) is 19.4 Å². The SMILES string of the molecule is CCNC(=O)C(C)NCc1c(F)cccc1F. The van der Waals surface area contributed by atoms with E-state index in [2.05, 4.69) is 10.6 Å². The molecule has 1 aromatic carbocycles. The van der Waals surface area contributed by atoms with E-state index < -0.39 is 17.7 Å². The molecule has 3 nitrogen and oxygen atoms in total. The van der Waals surface area contributed by atoms with E-state index in [4.69, 9.17) is 0 Å². The highest BCUT2D eigenvalue weighted by atomic mass is 19.1.